The largest absolute Gasteiger partial charge is 0.504 e. The fourth-order valence-electron chi connectivity index (χ4n) is 1.52. The molecule has 2 nitrogen and oxygen atoms in total. The highest BCUT2D eigenvalue weighted by atomic mass is 19.1. The molecular weight excluding hydrogens is 219 g/mol. The molecule has 0 aliphatic carbocycles. The number of hydrogen-bond acceptors (Lipinski definition) is 2. The van der Waals surface area contributed by atoms with Crippen LogP contribution in [0.3, 0.4) is 0 Å². The van der Waals surface area contributed by atoms with Crippen molar-refractivity contribution in [1.29, 1.82) is 0 Å². The fraction of sp³-hybridized carbons (Fsp3) is 0.143. The van der Waals surface area contributed by atoms with Gasteiger partial charge >= 0.3 is 0 Å². The van der Waals surface area contributed by atoms with Crippen LogP contribution in [0.25, 0.3) is 0 Å². The van der Waals surface area contributed by atoms with Crippen LogP contribution in [-0.2, 0) is 6.42 Å². The van der Waals surface area contributed by atoms with Crippen LogP contribution in [0.1, 0.15) is 12.5 Å². The van der Waals surface area contributed by atoms with E-state index in [0.717, 1.165) is 12.0 Å². The third-order valence-electron chi connectivity index (χ3n) is 2.49. The lowest BCUT2D eigenvalue weighted by Crippen LogP contribution is -1.89. The number of phenols is 1. The molecule has 0 aliphatic rings. The van der Waals surface area contributed by atoms with E-state index < -0.39 is 5.82 Å². The normalized spacial score (nSPS) is 10.2. The summed E-state index contributed by atoms with van der Waals surface area (Å²) in [7, 11) is 0. The second kappa shape index (κ2) is 4.87. The van der Waals surface area contributed by atoms with Gasteiger partial charge in [-0.3, -0.25) is 0 Å². The van der Waals surface area contributed by atoms with Crippen LogP contribution in [0.5, 0.6) is 17.2 Å². The second-order valence-electron chi connectivity index (χ2n) is 3.69. The maximum atomic E-state index is 13.3. The van der Waals surface area contributed by atoms with Crippen LogP contribution in [0, 0.1) is 5.82 Å². The molecule has 0 atom stereocenters. The van der Waals surface area contributed by atoms with Crippen molar-refractivity contribution >= 4 is 0 Å². The quantitative estimate of drug-likeness (QED) is 0.870. The Morgan fingerprint density at radius 3 is 2.53 bits per heavy atom. The third kappa shape index (κ3) is 2.56. The highest BCUT2D eigenvalue weighted by Gasteiger charge is 2.07. The van der Waals surface area contributed by atoms with Crippen LogP contribution >= 0.6 is 0 Å². The summed E-state index contributed by atoms with van der Waals surface area (Å²) in [6.45, 7) is 1.99. The Morgan fingerprint density at radius 2 is 1.88 bits per heavy atom. The van der Waals surface area contributed by atoms with E-state index >= 15 is 0 Å². The van der Waals surface area contributed by atoms with Crippen molar-refractivity contribution in [2.24, 2.45) is 0 Å². The Labute approximate surface area is 99.3 Å². The molecule has 0 aliphatic heterocycles. The van der Waals surface area contributed by atoms with Gasteiger partial charge in [0.2, 0.25) is 0 Å². The summed E-state index contributed by atoms with van der Waals surface area (Å²) in [6.07, 6.45) is 0.827. The lowest BCUT2D eigenvalue weighted by atomic mass is 10.1. The molecule has 17 heavy (non-hydrogen) atoms. The second-order valence-corrected chi connectivity index (χ2v) is 3.69. The summed E-state index contributed by atoms with van der Waals surface area (Å²) in [4.78, 5) is 0. The van der Waals surface area contributed by atoms with Gasteiger partial charge in [-0.05, 0) is 36.2 Å². The third-order valence-corrected chi connectivity index (χ3v) is 2.49. The van der Waals surface area contributed by atoms with Gasteiger partial charge < -0.3 is 9.84 Å². The molecule has 0 unspecified atom stereocenters. The number of halogens is 1. The predicted molar refractivity (Wildman–Crippen MR) is 64.0 cm³/mol. The molecule has 1 N–H and O–H groups in total. The summed E-state index contributed by atoms with van der Waals surface area (Å²) in [6, 6.07) is 11.2. The van der Waals surface area contributed by atoms with Crippen LogP contribution in [0.2, 0.25) is 0 Å². The van der Waals surface area contributed by atoms with Gasteiger partial charge in [0.25, 0.3) is 0 Å². The number of rotatable bonds is 3. The van der Waals surface area contributed by atoms with Gasteiger partial charge in [0.15, 0.2) is 23.1 Å². The van der Waals surface area contributed by atoms with Gasteiger partial charge in [-0.2, -0.15) is 0 Å². The molecule has 2 aromatic carbocycles. The average Bonchev–Trinajstić information content (AvgIpc) is 2.34. The number of aromatic hydroxyl groups is 1. The first-order valence-electron chi connectivity index (χ1n) is 5.45. The summed E-state index contributed by atoms with van der Waals surface area (Å²) in [5.41, 5.74) is 1.00. The monoisotopic (exact) mass is 232 g/mol. The zero-order valence-electron chi connectivity index (χ0n) is 9.48. The van der Waals surface area contributed by atoms with Gasteiger partial charge in [0.1, 0.15) is 0 Å². The van der Waals surface area contributed by atoms with E-state index in [4.69, 9.17) is 4.74 Å². The molecular formula is C14H13FO2. The summed E-state index contributed by atoms with van der Waals surface area (Å²) in [5.74, 6) is -0.0709. The van der Waals surface area contributed by atoms with E-state index in [9.17, 15) is 9.50 Å². The number of benzene rings is 2. The van der Waals surface area contributed by atoms with Crippen molar-refractivity contribution in [2.75, 3.05) is 0 Å². The Morgan fingerprint density at radius 1 is 1.12 bits per heavy atom. The summed E-state index contributed by atoms with van der Waals surface area (Å²) in [5, 5.41) is 9.73. The molecule has 0 amide bonds. The van der Waals surface area contributed by atoms with Crippen molar-refractivity contribution in [3.05, 3.63) is 53.8 Å². The first kappa shape index (κ1) is 11.5. The van der Waals surface area contributed by atoms with Crippen LogP contribution in [-0.4, -0.2) is 5.11 Å². The number of hydrogen-bond donors (Lipinski definition) is 1. The van der Waals surface area contributed by atoms with Crippen LogP contribution in [0.15, 0.2) is 42.5 Å². The maximum Gasteiger partial charge on any atom is 0.169 e. The van der Waals surface area contributed by atoms with Gasteiger partial charge in [-0.15, -0.1) is 0 Å². The van der Waals surface area contributed by atoms with Gasteiger partial charge in [0.05, 0.1) is 0 Å². The fourth-order valence-corrected chi connectivity index (χ4v) is 1.52. The van der Waals surface area contributed by atoms with Gasteiger partial charge in [-0.25, -0.2) is 4.39 Å². The first-order valence-corrected chi connectivity index (χ1v) is 5.45. The van der Waals surface area contributed by atoms with Crippen molar-refractivity contribution in [3.63, 3.8) is 0 Å². The highest BCUT2D eigenvalue weighted by Crippen LogP contribution is 2.32. The smallest absolute Gasteiger partial charge is 0.169 e. The molecule has 0 aromatic heterocycles. The lowest BCUT2D eigenvalue weighted by Gasteiger charge is -2.09. The van der Waals surface area contributed by atoms with Crippen molar-refractivity contribution < 1.29 is 14.2 Å². The van der Waals surface area contributed by atoms with Crippen molar-refractivity contribution in [1.82, 2.24) is 0 Å². The minimum Gasteiger partial charge on any atom is -0.504 e. The maximum absolute atomic E-state index is 13.3. The van der Waals surface area contributed by atoms with Gasteiger partial charge in [-0.1, -0.05) is 25.1 Å². The Bertz CT molecular complexity index is 523. The van der Waals surface area contributed by atoms with E-state index in [2.05, 4.69) is 0 Å². The summed E-state index contributed by atoms with van der Waals surface area (Å²) >= 11 is 0. The lowest BCUT2D eigenvalue weighted by molar-refractivity contribution is 0.395. The Balaban J connectivity index is 2.28. The Kier molecular flexibility index (Phi) is 3.28. The van der Waals surface area contributed by atoms with Crippen LogP contribution in [0.4, 0.5) is 4.39 Å². The van der Waals surface area contributed by atoms with E-state index in [0.29, 0.717) is 0 Å². The molecule has 0 heterocycles. The minimum atomic E-state index is -0.452. The molecule has 0 fully saturated rings. The van der Waals surface area contributed by atoms with Crippen molar-refractivity contribution in [3.8, 4) is 17.2 Å². The molecule has 3 heteroatoms. The van der Waals surface area contributed by atoms with E-state index in [1.807, 2.05) is 13.0 Å². The molecule has 0 saturated carbocycles. The summed E-state index contributed by atoms with van der Waals surface area (Å²) < 4.78 is 18.7. The van der Waals surface area contributed by atoms with Crippen LogP contribution < -0.4 is 4.74 Å². The molecule has 0 bridgehead atoms. The first-order chi connectivity index (χ1) is 8.20. The van der Waals surface area contributed by atoms with E-state index in [1.165, 1.54) is 12.1 Å². The zero-order chi connectivity index (χ0) is 12.3. The van der Waals surface area contributed by atoms with E-state index in [1.54, 1.807) is 24.3 Å². The average molecular weight is 232 g/mol. The number of ether oxygens (including phenoxy) is 1. The highest BCUT2D eigenvalue weighted by molar-refractivity contribution is 5.44. The minimum absolute atomic E-state index is 0.0209. The standard InChI is InChI=1S/C14H13FO2/c1-2-10-7-8-14(12(16)9-10)17-13-6-4-3-5-11(13)15/h3-9,16H,2H2,1H3. The molecule has 0 saturated heterocycles. The molecule has 2 aromatic rings. The zero-order valence-corrected chi connectivity index (χ0v) is 9.48. The molecule has 0 radical (unpaired) electrons. The van der Waals surface area contributed by atoms with Gasteiger partial charge in [0, 0.05) is 0 Å². The number of aryl methyl sites for hydroxylation is 1. The predicted octanol–water partition coefficient (Wildman–Crippen LogP) is 3.89. The molecule has 2 rings (SSSR count). The Hall–Kier alpha value is -2.03. The SMILES string of the molecule is CCc1ccc(Oc2ccccc2F)c(O)c1. The number of para-hydroxylation sites is 1. The molecule has 0 spiro atoms. The molecule has 88 valence electrons. The van der Waals surface area contributed by atoms with Crippen molar-refractivity contribution in [2.45, 2.75) is 13.3 Å². The topological polar surface area (TPSA) is 29.5 Å². The van der Waals surface area contributed by atoms with E-state index in [-0.39, 0.29) is 17.2 Å². The number of phenolic OH excluding ortho intramolecular Hbond substituents is 1.